The molecule has 98 valence electrons. The van der Waals surface area contributed by atoms with Gasteiger partial charge in [0, 0.05) is 12.6 Å². The highest BCUT2D eigenvalue weighted by Gasteiger charge is 2.38. The molecule has 18 heavy (non-hydrogen) atoms. The van der Waals surface area contributed by atoms with E-state index in [-0.39, 0.29) is 10.3 Å². The second-order valence-electron chi connectivity index (χ2n) is 4.93. The molecule has 1 aliphatic carbocycles. The Balaban J connectivity index is 2.30. The SMILES string of the molecule is CC(C)CN(C1CC1)S(=O)(=O)c1ccc(C#N)s1. The van der Waals surface area contributed by atoms with Crippen molar-refractivity contribution in [3.05, 3.63) is 17.0 Å². The van der Waals surface area contributed by atoms with Crippen molar-refractivity contribution in [3.8, 4) is 6.07 Å². The number of thiophene rings is 1. The van der Waals surface area contributed by atoms with Crippen LogP contribution in [0.25, 0.3) is 0 Å². The van der Waals surface area contributed by atoms with Crippen LogP contribution in [0.4, 0.5) is 0 Å². The second kappa shape index (κ2) is 5.00. The monoisotopic (exact) mass is 284 g/mol. The van der Waals surface area contributed by atoms with E-state index in [2.05, 4.69) is 0 Å². The van der Waals surface area contributed by atoms with Gasteiger partial charge in [0.15, 0.2) is 0 Å². The number of hydrogen-bond acceptors (Lipinski definition) is 4. The van der Waals surface area contributed by atoms with Crippen molar-refractivity contribution < 1.29 is 8.42 Å². The Hall–Kier alpha value is -0.900. The number of nitrogens with zero attached hydrogens (tertiary/aromatic N) is 2. The van der Waals surface area contributed by atoms with Gasteiger partial charge in [-0.1, -0.05) is 13.8 Å². The van der Waals surface area contributed by atoms with Gasteiger partial charge in [0.1, 0.15) is 15.2 Å². The summed E-state index contributed by atoms with van der Waals surface area (Å²) in [6, 6.07) is 5.24. The van der Waals surface area contributed by atoms with E-state index in [1.54, 1.807) is 10.4 Å². The largest absolute Gasteiger partial charge is 0.252 e. The first kappa shape index (κ1) is 13.5. The maximum atomic E-state index is 12.5. The molecule has 0 bridgehead atoms. The van der Waals surface area contributed by atoms with E-state index in [4.69, 9.17) is 5.26 Å². The highest BCUT2D eigenvalue weighted by molar-refractivity contribution is 7.91. The number of rotatable bonds is 5. The molecule has 1 aromatic heterocycles. The Morgan fingerprint density at radius 3 is 2.61 bits per heavy atom. The highest BCUT2D eigenvalue weighted by atomic mass is 32.2. The fourth-order valence-electron chi connectivity index (χ4n) is 1.80. The Morgan fingerprint density at radius 2 is 2.17 bits per heavy atom. The molecular weight excluding hydrogens is 268 g/mol. The minimum absolute atomic E-state index is 0.157. The normalized spacial score (nSPS) is 16.2. The summed E-state index contributed by atoms with van der Waals surface area (Å²) in [4.78, 5) is 0.439. The van der Waals surface area contributed by atoms with Gasteiger partial charge in [0.2, 0.25) is 0 Å². The molecule has 1 aliphatic rings. The van der Waals surface area contributed by atoms with Crippen LogP contribution in [-0.4, -0.2) is 25.3 Å². The van der Waals surface area contributed by atoms with Crippen LogP contribution in [0, 0.1) is 17.2 Å². The average Bonchev–Trinajstić information content (AvgIpc) is 3.01. The lowest BCUT2D eigenvalue weighted by Gasteiger charge is -2.22. The lowest BCUT2D eigenvalue weighted by atomic mass is 10.2. The highest BCUT2D eigenvalue weighted by Crippen LogP contribution is 2.34. The van der Waals surface area contributed by atoms with E-state index in [0.717, 1.165) is 24.2 Å². The van der Waals surface area contributed by atoms with Crippen molar-refractivity contribution in [2.45, 2.75) is 36.9 Å². The summed E-state index contributed by atoms with van der Waals surface area (Å²) in [6.45, 7) is 4.58. The third-order valence-corrected chi connectivity index (χ3v) is 6.13. The molecule has 1 fully saturated rings. The molecule has 0 atom stereocenters. The van der Waals surface area contributed by atoms with Crippen LogP contribution in [0.15, 0.2) is 16.3 Å². The zero-order valence-corrected chi connectivity index (χ0v) is 12.1. The van der Waals surface area contributed by atoms with Gasteiger partial charge < -0.3 is 0 Å². The van der Waals surface area contributed by atoms with Crippen molar-refractivity contribution in [1.82, 2.24) is 4.31 Å². The third kappa shape index (κ3) is 2.74. The standard InChI is InChI=1S/C12H16N2O2S2/c1-9(2)8-14(10-3-4-10)18(15,16)12-6-5-11(7-13)17-12/h5-6,9-10H,3-4,8H2,1-2H3. The molecule has 0 radical (unpaired) electrons. The Kier molecular flexibility index (Phi) is 3.76. The molecule has 0 aromatic carbocycles. The summed E-state index contributed by atoms with van der Waals surface area (Å²) in [5.41, 5.74) is 0. The summed E-state index contributed by atoms with van der Waals surface area (Å²) >= 11 is 1.05. The van der Waals surface area contributed by atoms with Gasteiger partial charge >= 0.3 is 0 Å². The van der Waals surface area contributed by atoms with Crippen LogP contribution >= 0.6 is 11.3 Å². The fraction of sp³-hybridized carbons (Fsp3) is 0.583. The smallest absolute Gasteiger partial charge is 0.206 e. The van der Waals surface area contributed by atoms with Crippen LogP contribution in [-0.2, 0) is 10.0 Å². The van der Waals surface area contributed by atoms with Crippen molar-refractivity contribution in [2.75, 3.05) is 6.54 Å². The van der Waals surface area contributed by atoms with Crippen LogP contribution in [0.2, 0.25) is 0 Å². The van der Waals surface area contributed by atoms with E-state index in [0.29, 0.717) is 17.3 Å². The maximum absolute atomic E-state index is 12.5. The van der Waals surface area contributed by atoms with E-state index in [9.17, 15) is 8.42 Å². The van der Waals surface area contributed by atoms with Crippen LogP contribution in [0.3, 0.4) is 0 Å². The van der Waals surface area contributed by atoms with Crippen molar-refractivity contribution in [3.63, 3.8) is 0 Å². The molecule has 0 amide bonds. The summed E-state index contributed by atoms with van der Waals surface area (Å²) in [6.07, 6.45) is 1.89. The quantitative estimate of drug-likeness (QED) is 0.834. The number of sulfonamides is 1. The summed E-state index contributed by atoms with van der Waals surface area (Å²) in [5, 5.41) is 8.77. The van der Waals surface area contributed by atoms with E-state index in [1.165, 1.54) is 6.07 Å². The number of hydrogen-bond donors (Lipinski definition) is 0. The fourth-order valence-corrected chi connectivity index (χ4v) is 4.88. The second-order valence-corrected chi connectivity index (χ2v) is 8.13. The average molecular weight is 284 g/mol. The minimum Gasteiger partial charge on any atom is -0.206 e. The molecule has 1 saturated carbocycles. The Morgan fingerprint density at radius 1 is 1.50 bits per heavy atom. The topological polar surface area (TPSA) is 61.2 Å². The van der Waals surface area contributed by atoms with Gasteiger partial charge in [-0.3, -0.25) is 0 Å². The van der Waals surface area contributed by atoms with Crippen molar-refractivity contribution in [2.24, 2.45) is 5.92 Å². The zero-order valence-electron chi connectivity index (χ0n) is 10.5. The Labute approximate surface area is 112 Å². The molecule has 0 aliphatic heterocycles. The molecule has 6 heteroatoms. The van der Waals surface area contributed by atoms with Gasteiger partial charge in [0.25, 0.3) is 10.0 Å². The molecular formula is C12H16N2O2S2. The minimum atomic E-state index is -3.42. The molecule has 1 heterocycles. The van der Waals surface area contributed by atoms with Gasteiger partial charge in [-0.15, -0.1) is 11.3 Å². The summed E-state index contributed by atoms with van der Waals surface area (Å²) in [7, 11) is -3.42. The van der Waals surface area contributed by atoms with Crippen molar-refractivity contribution in [1.29, 1.82) is 5.26 Å². The lowest BCUT2D eigenvalue weighted by molar-refractivity contribution is 0.361. The summed E-state index contributed by atoms with van der Waals surface area (Å²) in [5.74, 6) is 0.302. The third-order valence-electron chi connectivity index (χ3n) is 2.75. The van der Waals surface area contributed by atoms with Crippen LogP contribution in [0.5, 0.6) is 0 Å². The van der Waals surface area contributed by atoms with Gasteiger partial charge in [-0.2, -0.15) is 9.57 Å². The predicted molar refractivity (Wildman–Crippen MR) is 70.8 cm³/mol. The molecule has 0 N–H and O–H groups in total. The van der Waals surface area contributed by atoms with Gasteiger partial charge in [0.05, 0.1) is 0 Å². The molecule has 0 saturated heterocycles. The molecule has 4 nitrogen and oxygen atoms in total. The van der Waals surface area contributed by atoms with Gasteiger partial charge in [-0.25, -0.2) is 8.42 Å². The first-order chi connectivity index (χ1) is 8.45. The summed E-state index contributed by atoms with van der Waals surface area (Å²) < 4.78 is 26.9. The Bertz CT molecular complexity index is 565. The zero-order chi connectivity index (χ0) is 13.3. The van der Waals surface area contributed by atoms with E-state index in [1.807, 2.05) is 19.9 Å². The van der Waals surface area contributed by atoms with Crippen LogP contribution in [0.1, 0.15) is 31.6 Å². The molecule has 0 spiro atoms. The van der Waals surface area contributed by atoms with Crippen LogP contribution < -0.4 is 0 Å². The number of nitriles is 1. The molecule has 1 aromatic rings. The van der Waals surface area contributed by atoms with E-state index >= 15 is 0 Å². The molecule has 2 rings (SSSR count). The van der Waals surface area contributed by atoms with Gasteiger partial charge in [-0.05, 0) is 30.9 Å². The van der Waals surface area contributed by atoms with Crippen molar-refractivity contribution >= 4 is 21.4 Å². The van der Waals surface area contributed by atoms with E-state index < -0.39 is 10.0 Å². The predicted octanol–water partition coefficient (Wildman–Crippen LogP) is 2.43. The lowest BCUT2D eigenvalue weighted by Crippen LogP contribution is -2.35. The molecule has 0 unspecified atom stereocenters. The first-order valence-electron chi connectivity index (χ1n) is 5.97. The first-order valence-corrected chi connectivity index (χ1v) is 8.22. The maximum Gasteiger partial charge on any atom is 0.252 e.